The van der Waals surface area contributed by atoms with E-state index in [1.165, 1.54) is 18.4 Å². The molecule has 0 radical (unpaired) electrons. The number of hydrogen-bond acceptors (Lipinski definition) is 1. The molecule has 0 aliphatic rings. The summed E-state index contributed by atoms with van der Waals surface area (Å²) >= 11 is 0. The van der Waals surface area contributed by atoms with E-state index in [2.05, 4.69) is 31.8 Å². The van der Waals surface area contributed by atoms with Crippen LogP contribution in [0.5, 0.6) is 0 Å². The Labute approximate surface area is 81.2 Å². The molecule has 0 atom stereocenters. The molecule has 1 aromatic heterocycles. The van der Waals surface area contributed by atoms with Gasteiger partial charge in [-0.3, -0.25) is 4.98 Å². The van der Waals surface area contributed by atoms with Crippen LogP contribution < -0.4 is 0 Å². The van der Waals surface area contributed by atoms with E-state index in [4.69, 9.17) is 0 Å². The minimum Gasteiger partial charge on any atom is -0.264 e. The van der Waals surface area contributed by atoms with Crippen molar-refractivity contribution in [2.45, 2.75) is 40.0 Å². The quantitative estimate of drug-likeness (QED) is 0.686. The van der Waals surface area contributed by atoms with Crippen LogP contribution in [0, 0.1) is 5.41 Å². The highest BCUT2D eigenvalue weighted by Crippen LogP contribution is 2.26. The minimum atomic E-state index is 0.414. The molecule has 0 spiro atoms. The van der Waals surface area contributed by atoms with Crippen LogP contribution in [0.15, 0.2) is 24.5 Å². The molecule has 0 amide bonds. The van der Waals surface area contributed by atoms with Gasteiger partial charge in [-0.2, -0.15) is 0 Å². The van der Waals surface area contributed by atoms with E-state index in [0.717, 1.165) is 6.42 Å². The maximum absolute atomic E-state index is 4.13. The first-order valence-electron chi connectivity index (χ1n) is 5.03. The molecule has 0 saturated heterocycles. The van der Waals surface area contributed by atoms with E-state index in [1.54, 1.807) is 0 Å². The molecule has 0 bridgehead atoms. The summed E-state index contributed by atoms with van der Waals surface area (Å²) in [4.78, 5) is 4.13. The summed E-state index contributed by atoms with van der Waals surface area (Å²) in [6.45, 7) is 6.89. The Morgan fingerprint density at radius 1 is 1.38 bits per heavy atom. The van der Waals surface area contributed by atoms with Crippen molar-refractivity contribution in [1.29, 1.82) is 0 Å². The van der Waals surface area contributed by atoms with Gasteiger partial charge in [0.25, 0.3) is 0 Å². The van der Waals surface area contributed by atoms with Gasteiger partial charge in [0.2, 0.25) is 0 Å². The van der Waals surface area contributed by atoms with Crippen LogP contribution in [0.2, 0.25) is 0 Å². The summed E-state index contributed by atoms with van der Waals surface area (Å²) < 4.78 is 0. The van der Waals surface area contributed by atoms with E-state index in [0.29, 0.717) is 5.41 Å². The van der Waals surface area contributed by atoms with Crippen molar-refractivity contribution < 1.29 is 0 Å². The van der Waals surface area contributed by atoms with E-state index in [9.17, 15) is 0 Å². The average molecular weight is 177 g/mol. The topological polar surface area (TPSA) is 12.9 Å². The molecule has 0 aliphatic carbocycles. The zero-order chi connectivity index (χ0) is 9.73. The molecule has 1 aromatic rings. The first kappa shape index (κ1) is 10.2. The molecule has 72 valence electrons. The van der Waals surface area contributed by atoms with E-state index >= 15 is 0 Å². The molecule has 0 saturated carbocycles. The predicted octanol–water partition coefficient (Wildman–Crippen LogP) is 3.45. The van der Waals surface area contributed by atoms with Gasteiger partial charge in [-0.15, -0.1) is 0 Å². The van der Waals surface area contributed by atoms with Gasteiger partial charge in [0.05, 0.1) is 0 Å². The van der Waals surface area contributed by atoms with Gasteiger partial charge in [0.15, 0.2) is 0 Å². The van der Waals surface area contributed by atoms with Crippen molar-refractivity contribution in [1.82, 2.24) is 4.98 Å². The minimum absolute atomic E-state index is 0.414. The Hall–Kier alpha value is -0.850. The van der Waals surface area contributed by atoms with E-state index < -0.39 is 0 Å². The maximum Gasteiger partial charge on any atom is 0.0300 e. The summed E-state index contributed by atoms with van der Waals surface area (Å²) in [5, 5.41) is 0. The summed E-state index contributed by atoms with van der Waals surface area (Å²) in [6.07, 6.45) is 7.47. The summed E-state index contributed by atoms with van der Waals surface area (Å²) in [5.74, 6) is 0. The van der Waals surface area contributed by atoms with Gasteiger partial charge >= 0.3 is 0 Å². The lowest BCUT2D eigenvalue weighted by Crippen LogP contribution is -2.14. The summed E-state index contributed by atoms with van der Waals surface area (Å²) in [7, 11) is 0. The van der Waals surface area contributed by atoms with Crippen LogP contribution in [-0.2, 0) is 6.42 Å². The second-order valence-electron chi connectivity index (χ2n) is 4.45. The van der Waals surface area contributed by atoms with Crippen LogP contribution in [0.25, 0.3) is 0 Å². The van der Waals surface area contributed by atoms with Crippen molar-refractivity contribution in [2.75, 3.05) is 0 Å². The first-order valence-corrected chi connectivity index (χ1v) is 5.03. The molecule has 13 heavy (non-hydrogen) atoms. The molecular formula is C12H19N. The van der Waals surface area contributed by atoms with E-state index in [-0.39, 0.29) is 0 Å². The molecule has 0 aromatic carbocycles. The largest absolute Gasteiger partial charge is 0.264 e. The SMILES string of the molecule is CCCC(C)(C)Cc1cccnc1. The number of aromatic nitrogens is 1. The summed E-state index contributed by atoms with van der Waals surface area (Å²) in [6, 6.07) is 4.17. The van der Waals surface area contributed by atoms with Crippen molar-refractivity contribution in [2.24, 2.45) is 5.41 Å². The van der Waals surface area contributed by atoms with Gasteiger partial charge in [0.1, 0.15) is 0 Å². The molecular weight excluding hydrogens is 158 g/mol. The fourth-order valence-corrected chi connectivity index (χ4v) is 1.82. The Balaban J connectivity index is 2.58. The van der Waals surface area contributed by atoms with Crippen LogP contribution in [0.1, 0.15) is 39.2 Å². The lowest BCUT2D eigenvalue weighted by atomic mass is 9.82. The molecule has 0 N–H and O–H groups in total. The highest BCUT2D eigenvalue weighted by Gasteiger charge is 2.16. The highest BCUT2D eigenvalue weighted by atomic mass is 14.6. The third-order valence-corrected chi connectivity index (χ3v) is 2.33. The van der Waals surface area contributed by atoms with Gasteiger partial charge in [0, 0.05) is 12.4 Å². The molecule has 1 nitrogen and oxygen atoms in total. The zero-order valence-corrected chi connectivity index (χ0v) is 8.88. The monoisotopic (exact) mass is 177 g/mol. The number of pyridine rings is 1. The van der Waals surface area contributed by atoms with Gasteiger partial charge in [-0.05, 0) is 29.9 Å². The van der Waals surface area contributed by atoms with Crippen molar-refractivity contribution in [3.63, 3.8) is 0 Å². The second-order valence-corrected chi connectivity index (χ2v) is 4.45. The number of nitrogens with zero attached hydrogens (tertiary/aromatic N) is 1. The second kappa shape index (κ2) is 4.40. The van der Waals surface area contributed by atoms with Gasteiger partial charge < -0.3 is 0 Å². The molecule has 0 aliphatic heterocycles. The van der Waals surface area contributed by atoms with Crippen LogP contribution in [-0.4, -0.2) is 4.98 Å². The Bertz CT molecular complexity index is 239. The molecule has 1 heteroatoms. The average Bonchev–Trinajstić information content (AvgIpc) is 2.04. The smallest absolute Gasteiger partial charge is 0.0300 e. The van der Waals surface area contributed by atoms with Crippen molar-refractivity contribution >= 4 is 0 Å². The first-order chi connectivity index (χ1) is 6.14. The van der Waals surface area contributed by atoms with E-state index in [1.807, 2.05) is 18.5 Å². The highest BCUT2D eigenvalue weighted by molar-refractivity contribution is 5.10. The zero-order valence-electron chi connectivity index (χ0n) is 8.88. The number of hydrogen-bond donors (Lipinski definition) is 0. The lowest BCUT2D eigenvalue weighted by molar-refractivity contribution is 0.328. The molecule has 1 heterocycles. The van der Waals surface area contributed by atoms with Crippen LogP contribution in [0.3, 0.4) is 0 Å². The summed E-state index contributed by atoms with van der Waals surface area (Å²) in [5.41, 5.74) is 1.76. The Kier molecular flexibility index (Phi) is 3.47. The fraction of sp³-hybridized carbons (Fsp3) is 0.583. The third kappa shape index (κ3) is 3.58. The van der Waals surface area contributed by atoms with Crippen LogP contribution in [0.4, 0.5) is 0 Å². The fourth-order valence-electron chi connectivity index (χ4n) is 1.82. The standard InChI is InChI=1S/C12H19N/c1-4-7-12(2,3)9-11-6-5-8-13-10-11/h5-6,8,10H,4,7,9H2,1-3H3. The Morgan fingerprint density at radius 3 is 2.69 bits per heavy atom. The normalized spacial score (nSPS) is 11.6. The van der Waals surface area contributed by atoms with Crippen molar-refractivity contribution in [3.8, 4) is 0 Å². The lowest BCUT2D eigenvalue weighted by Gasteiger charge is -2.23. The van der Waals surface area contributed by atoms with Crippen molar-refractivity contribution in [3.05, 3.63) is 30.1 Å². The molecule has 1 rings (SSSR count). The maximum atomic E-state index is 4.13. The van der Waals surface area contributed by atoms with Gasteiger partial charge in [-0.25, -0.2) is 0 Å². The molecule has 0 fully saturated rings. The van der Waals surface area contributed by atoms with Crippen LogP contribution >= 0.6 is 0 Å². The predicted molar refractivity (Wildman–Crippen MR) is 56.6 cm³/mol. The Morgan fingerprint density at radius 2 is 2.15 bits per heavy atom. The molecule has 0 unspecified atom stereocenters. The number of rotatable bonds is 4. The van der Waals surface area contributed by atoms with Gasteiger partial charge in [-0.1, -0.05) is 33.3 Å². The third-order valence-electron chi connectivity index (χ3n) is 2.33.